The van der Waals surface area contributed by atoms with Gasteiger partial charge in [0.15, 0.2) is 0 Å². The van der Waals surface area contributed by atoms with Crippen LogP contribution in [0.25, 0.3) is 0 Å². The molecule has 0 saturated carbocycles. The Bertz CT molecular complexity index is 188. The molecule has 0 fully saturated rings. The Morgan fingerprint density at radius 1 is 1.20 bits per heavy atom. The highest BCUT2D eigenvalue weighted by Gasteiger charge is 2.15. The van der Waals surface area contributed by atoms with Crippen molar-refractivity contribution in [3.8, 4) is 0 Å². The van der Waals surface area contributed by atoms with Crippen LogP contribution in [-0.4, -0.2) is 12.1 Å². The van der Waals surface area contributed by atoms with Crippen molar-refractivity contribution >= 4 is 0 Å². The quantitative estimate of drug-likeness (QED) is 0.655. The fourth-order valence-electron chi connectivity index (χ4n) is 1.43. The van der Waals surface area contributed by atoms with Gasteiger partial charge in [-0.3, -0.25) is 0 Å². The molecule has 0 aliphatic carbocycles. The summed E-state index contributed by atoms with van der Waals surface area (Å²) in [7, 11) is 0. The van der Waals surface area contributed by atoms with Crippen LogP contribution in [0.5, 0.6) is 0 Å². The molecular weight excluding hydrogens is 182 g/mol. The summed E-state index contributed by atoms with van der Waals surface area (Å²) in [6.07, 6.45) is 2.43. The molecule has 0 spiro atoms. The molecule has 2 atom stereocenters. The summed E-state index contributed by atoms with van der Waals surface area (Å²) >= 11 is 0. The van der Waals surface area contributed by atoms with Crippen molar-refractivity contribution in [1.29, 1.82) is 0 Å². The van der Waals surface area contributed by atoms with Gasteiger partial charge in [0.2, 0.25) is 0 Å². The van der Waals surface area contributed by atoms with Crippen molar-refractivity contribution < 1.29 is 0 Å². The SMILES string of the molecule is C=C(C)CCC(C)C(C)CNC(C)(C)C. The summed E-state index contributed by atoms with van der Waals surface area (Å²) in [5, 5.41) is 3.57. The van der Waals surface area contributed by atoms with E-state index >= 15 is 0 Å². The molecule has 0 saturated heterocycles. The maximum absolute atomic E-state index is 3.96. The number of allylic oxidation sites excluding steroid dienone is 1. The van der Waals surface area contributed by atoms with Gasteiger partial charge < -0.3 is 5.32 Å². The zero-order chi connectivity index (χ0) is 12.1. The fourth-order valence-corrected chi connectivity index (χ4v) is 1.43. The Morgan fingerprint density at radius 2 is 1.73 bits per heavy atom. The second-order valence-corrected chi connectivity index (χ2v) is 6.08. The summed E-state index contributed by atoms with van der Waals surface area (Å²) < 4.78 is 0. The number of rotatable bonds is 6. The van der Waals surface area contributed by atoms with Crippen molar-refractivity contribution in [1.82, 2.24) is 5.32 Å². The molecule has 90 valence electrons. The lowest BCUT2D eigenvalue weighted by molar-refractivity contribution is 0.307. The normalized spacial score (nSPS) is 16.1. The topological polar surface area (TPSA) is 12.0 Å². The lowest BCUT2D eigenvalue weighted by atomic mass is 9.90. The van der Waals surface area contributed by atoms with Crippen LogP contribution in [0.15, 0.2) is 12.2 Å². The van der Waals surface area contributed by atoms with Gasteiger partial charge in [-0.2, -0.15) is 0 Å². The van der Waals surface area contributed by atoms with Crippen LogP contribution in [0, 0.1) is 11.8 Å². The van der Waals surface area contributed by atoms with E-state index < -0.39 is 0 Å². The van der Waals surface area contributed by atoms with E-state index in [-0.39, 0.29) is 5.54 Å². The second-order valence-electron chi connectivity index (χ2n) is 6.08. The Morgan fingerprint density at radius 3 is 2.13 bits per heavy atom. The second kappa shape index (κ2) is 6.32. The van der Waals surface area contributed by atoms with Gasteiger partial charge >= 0.3 is 0 Å². The maximum Gasteiger partial charge on any atom is 0.00966 e. The summed E-state index contributed by atoms with van der Waals surface area (Å²) in [6, 6.07) is 0. The van der Waals surface area contributed by atoms with E-state index in [0.29, 0.717) is 0 Å². The molecule has 1 N–H and O–H groups in total. The molecule has 0 aliphatic rings. The van der Waals surface area contributed by atoms with Gasteiger partial charge in [0.05, 0.1) is 0 Å². The van der Waals surface area contributed by atoms with Gasteiger partial charge in [-0.05, 0) is 58.9 Å². The van der Waals surface area contributed by atoms with Crippen LogP contribution in [0.3, 0.4) is 0 Å². The molecule has 0 heterocycles. The molecule has 0 aliphatic heterocycles. The van der Waals surface area contributed by atoms with Crippen LogP contribution in [0.2, 0.25) is 0 Å². The Labute approximate surface area is 96.3 Å². The summed E-state index contributed by atoms with van der Waals surface area (Å²) in [6.45, 7) is 18.5. The Balaban J connectivity index is 3.78. The molecule has 0 aromatic carbocycles. The first-order valence-corrected chi connectivity index (χ1v) is 6.12. The molecule has 0 bridgehead atoms. The first-order valence-electron chi connectivity index (χ1n) is 6.12. The largest absolute Gasteiger partial charge is 0.312 e. The van der Waals surface area contributed by atoms with E-state index in [1.807, 2.05) is 0 Å². The molecular formula is C14H29N. The van der Waals surface area contributed by atoms with E-state index in [2.05, 4.69) is 53.4 Å². The molecule has 0 rings (SSSR count). The van der Waals surface area contributed by atoms with Crippen molar-refractivity contribution in [2.24, 2.45) is 11.8 Å². The zero-order valence-corrected chi connectivity index (χ0v) is 11.5. The van der Waals surface area contributed by atoms with E-state index in [9.17, 15) is 0 Å². The standard InChI is InChI=1S/C14H29N/c1-11(2)8-9-12(3)13(4)10-15-14(5,6)7/h12-13,15H,1,8-10H2,2-7H3. The molecule has 15 heavy (non-hydrogen) atoms. The lowest BCUT2D eigenvalue weighted by Crippen LogP contribution is -2.39. The summed E-state index contributed by atoms with van der Waals surface area (Å²) in [4.78, 5) is 0. The first kappa shape index (κ1) is 14.7. The highest BCUT2D eigenvalue weighted by atomic mass is 14.9. The van der Waals surface area contributed by atoms with Crippen LogP contribution in [-0.2, 0) is 0 Å². The molecule has 0 aromatic rings. The third kappa shape index (κ3) is 8.68. The monoisotopic (exact) mass is 211 g/mol. The fraction of sp³-hybridized carbons (Fsp3) is 0.857. The molecule has 0 radical (unpaired) electrons. The van der Waals surface area contributed by atoms with Gasteiger partial charge in [-0.15, -0.1) is 6.58 Å². The van der Waals surface area contributed by atoms with Gasteiger partial charge in [-0.1, -0.05) is 19.4 Å². The third-order valence-electron chi connectivity index (χ3n) is 2.95. The van der Waals surface area contributed by atoms with Crippen molar-refractivity contribution in [3.63, 3.8) is 0 Å². The maximum atomic E-state index is 3.96. The minimum atomic E-state index is 0.238. The predicted octanol–water partition coefficient (Wildman–Crippen LogP) is 4.00. The molecule has 2 unspecified atom stereocenters. The van der Waals surface area contributed by atoms with Crippen molar-refractivity contribution in [2.45, 2.75) is 59.9 Å². The van der Waals surface area contributed by atoms with E-state index in [0.717, 1.165) is 18.4 Å². The van der Waals surface area contributed by atoms with Gasteiger partial charge in [0.25, 0.3) is 0 Å². The third-order valence-corrected chi connectivity index (χ3v) is 2.95. The number of nitrogens with one attached hydrogen (secondary N) is 1. The van der Waals surface area contributed by atoms with Crippen molar-refractivity contribution in [2.75, 3.05) is 6.54 Å². The summed E-state index contributed by atoms with van der Waals surface area (Å²) in [5.74, 6) is 1.51. The van der Waals surface area contributed by atoms with Gasteiger partial charge in [0, 0.05) is 5.54 Å². The zero-order valence-electron chi connectivity index (χ0n) is 11.5. The Kier molecular flexibility index (Phi) is 6.19. The Hall–Kier alpha value is -0.300. The van der Waals surface area contributed by atoms with Crippen LogP contribution < -0.4 is 5.32 Å². The lowest BCUT2D eigenvalue weighted by Gasteiger charge is -2.26. The predicted molar refractivity (Wildman–Crippen MR) is 70.1 cm³/mol. The number of hydrogen-bond donors (Lipinski definition) is 1. The molecule has 0 amide bonds. The average Bonchev–Trinajstić information content (AvgIpc) is 2.08. The molecule has 1 nitrogen and oxygen atoms in total. The average molecular weight is 211 g/mol. The van der Waals surface area contributed by atoms with E-state index in [1.165, 1.54) is 18.4 Å². The summed E-state index contributed by atoms with van der Waals surface area (Å²) in [5.41, 5.74) is 1.54. The van der Waals surface area contributed by atoms with Crippen molar-refractivity contribution in [3.05, 3.63) is 12.2 Å². The van der Waals surface area contributed by atoms with Gasteiger partial charge in [-0.25, -0.2) is 0 Å². The molecule has 1 heteroatoms. The van der Waals surface area contributed by atoms with E-state index in [4.69, 9.17) is 0 Å². The first-order chi connectivity index (χ1) is 6.72. The minimum Gasteiger partial charge on any atom is -0.312 e. The smallest absolute Gasteiger partial charge is 0.00966 e. The highest BCUT2D eigenvalue weighted by Crippen LogP contribution is 2.19. The highest BCUT2D eigenvalue weighted by molar-refractivity contribution is 4.88. The van der Waals surface area contributed by atoms with E-state index in [1.54, 1.807) is 0 Å². The van der Waals surface area contributed by atoms with Gasteiger partial charge in [0.1, 0.15) is 0 Å². The van der Waals surface area contributed by atoms with Crippen LogP contribution in [0.4, 0.5) is 0 Å². The number of hydrogen-bond acceptors (Lipinski definition) is 1. The molecule has 0 aromatic heterocycles. The van der Waals surface area contributed by atoms with Crippen LogP contribution >= 0.6 is 0 Å². The van der Waals surface area contributed by atoms with Crippen LogP contribution in [0.1, 0.15) is 54.4 Å². The minimum absolute atomic E-state index is 0.238.